The third kappa shape index (κ3) is 4.27. The molecule has 76 valence electrons. The van der Waals surface area contributed by atoms with Crippen LogP contribution >= 0.6 is 0 Å². The van der Waals surface area contributed by atoms with Crippen molar-refractivity contribution in [3.63, 3.8) is 0 Å². The molecule has 0 amide bonds. The molecule has 0 aliphatic rings. The van der Waals surface area contributed by atoms with E-state index in [2.05, 4.69) is 50.3 Å². The minimum Gasteiger partial charge on any atom is -0.0885 e. The Balaban J connectivity index is 2.28. The molecule has 1 rings (SSSR count). The molecule has 0 heterocycles. The second-order valence-corrected chi connectivity index (χ2v) is 3.78. The van der Waals surface area contributed by atoms with Crippen LogP contribution in [0.2, 0.25) is 0 Å². The van der Waals surface area contributed by atoms with Crippen molar-refractivity contribution >= 4 is 0 Å². The number of hydrogen-bond donors (Lipinski definition) is 0. The third-order valence-corrected chi connectivity index (χ3v) is 2.34. The maximum absolute atomic E-state index is 2.29. The number of aryl methyl sites for hydroxylation is 2. The van der Waals surface area contributed by atoms with Gasteiger partial charge < -0.3 is 0 Å². The van der Waals surface area contributed by atoms with Crippen molar-refractivity contribution in [1.29, 1.82) is 0 Å². The summed E-state index contributed by atoms with van der Waals surface area (Å²) in [6, 6.07) is 8.82. The molecule has 0 N–H and O–H groups in total. The Hall–Kier alpha value is -1.04. The largest absolute Gasteiger partial charge is 0.0885 e. The highest BCUT2D eigenvalue weighted by Crippen LogP contribution is 2.06. The van der Waals surface area contributed by atoms with Crippen molar-refractivity contribution < 1.29 is 0 Å². The minimum absolute atomic E-state index is 1.17. The zero-order valence-electron chi connectivity index (χ0n) is 9.29. The minimum atomic E-state index is 1.17. The van der Waals surface area contributed by atoms with Gasteiger partial charge in [0.15, 0.2) is 0 Å². The zero-order valence-corrected chi connectivity index (χ0v) is 9.29. The lowest BCUT2D eigenvalue weighted by Crippen LogP contribution is -1.82. The first-order valence-corrected chi connectivity index (χ1v) is 5.53. The Labute approximate surface area is 87.7 Å². The van der Waals surface area contributed by atoms with Gasteiger partial charge in [-0.05, 0) is 31.7 Å². The number of benzene rings is 1. The molecule has 0 unspecified atom stereocenters. The quantitative estimate of drug-likeness (QED) is 0.605. The molecule has 0 aliphatic heterocycles. The van der Waals surface area contributed by atoms with E-state index in [1.807, 2.05) is 0 Å². The van der Waals surface area contributed by atoms with Gasteiger partial charge in [-0.3, -0.25) is 0 Å². The van der Waals surface area contributed by atoms with Crippen LogP contribution in [0.4, 0.5) is 0 Å². The maximum atomic E-state index is 2.29. The summed E-state index contributed by atoms with van der Waals surface area (Å²) in [6.45, 7) is 4.34. The maximum Gasteiger partial charge on any atom is -0.0244 e. The van der Waals surface area contributed by atoms with E-state index in [-0.39, 0.29) is 0 Å². The van der Waals surface area contributed by atoms with Crippen molar-refractivity contribution in [2.24, 2.45) is 0 Å². The molecule has 0 saturated carbocycles. The summed E-state index contributed by atoms with van der Waals surface area (Å²) < 4.78 is 0. The average molecular weight is 188 g/mol. The summed E-state index contributed by atoms with van der Waals surface area (Å²) in [6.07, 6.45) is 9.38. The summed E-state index contributed by atoms with van der Waals surface area (Å²) in [5.41, 5.74) is 2.78. The zero-order chi connectivity index (χ0) is 10.2. The van der Waals surface area contributed by atoms with Crippen LogP contribution in [0, 0.1) is 6.92 Å². The van der Waals surface area contributed by atoms with E-state index in [0.717, 1.165) is 0 Å². The topological polar surface area (TPSA) is 0 Å². The summed E-state index contributed by atoms with van der Waals surface area (Å²) >= 11 is 0. The van der Waals surface area contributed by atoms with Gasteiger partial charge in [0.1, 0.15) is 0 Å². The van der Waals surface area contributed by atoms with Crippen molar-refractivity contribution in [3.05, 3.63) is 47.5 Å². The lowest BCUT2D eigenvalue weighted by atomic mass is 10.1. The highest BCUT2D eigenvalue weighted by Gasteiger charge is 1.89. The second kappa shape index (κ2) is 6.42. The van der Waals surface area contributed by atoms with E-state index in [1.54, 1.807) is 0 Å². The fraction of sp³-hybridized carbons (Fsp3) is 0.429. The summed E-state index contributed by atoms with van der Waals surface area (Å²) in [5.74, 6) is 0. The van der Waals surface area contributed by atoms with Gasteiger partial charge in [-0.1, -0.05) is 55.3 Å². The van der Waals surface area contributed by atoms with Crippen LogP contribution in [-0.2, 0) is 6.42 Å². The molecule has 0 heteroatoms. The molecule has 1 aromatic rings. The Bertz CT molecular complexity index is 267. The molecule has 0 aromatic heterocycles. The highest BCUT2D eigenvalue weighted by atomic mass is 14.0. The number of rotatable bonds is 5. The second-order valence-electron chi connectivity index (χ2n) is 3.78. The molecule has 0 atom stereocenters. The number of unbranched alkanes of at least 4 members (excludes halogenated alkanes) is 1. The average Bonchev–Trinajstić information content (AvgIpc) is 2.21. The molecule has 0 saturated heterocycles. The number of allylic oxidation sites excluding steroid dienone is 2. The van der Waals surface area contributed by atoms with E-state index in [9.17, 15) is 0 Å². The highest BCUT2D eigenvalue weighted by molar-refractivity contribution is 5.21. The molecular weight excluding hydrogens is 168 g/mol. The Morgan fingerprint density at radius 3 is 2.29 bits per heavy atom. The first-order valence-electron chi connectivity index (χ1n) is 5.53. The van der Waals surface area contributed by atoms with Gasteiger partial charge in [0.25, 0.3) is 0 Å². The third-order valence-electron chi connectivity index (χ3n) is 2.34. The van der Waals surface area contributed by atoms with Gasteiger partial charge in [0.05, 0.1) is 0 Å². The van der Waals surface area contributed by atoms with Crippen LogP contribution in [0.25, 0.3) is 0 Å². The molecular formula is C14H20. The van der Waals surface area contributed by atoms with Gasteiger partial charge in [0, 0.05) is 0 Å². The van der Waals surface area contributed by atoms with Gasteiger partial charge in [-0.15, -0.1) is 0 Å². The van der Waals surface area contributed by atoms with Crippen molar-refractivity contribution in [1.82, 2.24) is 0 Å². The Morgan fingerprint density at radius 2 is 1.64 bits per heavy atom. The molecule has 0 spiro atoms. The Kier molecular flexibility index (Phi) is 5.06. The van der Waals surface area contributed by atoms with Crippen molar-refractivity contribution in [2.75, 3.05) is 0 Å². The predicted octanol–water partition coefficient (Wildman–Crippen LogP) is 4.28. The van der Waals surface area contributed by atoms with E-state index >= 15 is 0 Å². The fourth-order valence-electron chi connectivity index (χ4n) is 1.41. The first-order chi connectivity index (χ1) is 6.83. The first kappa shape index (κ1) is 11.0. The summed E-state index contributed by atoms with van der Waals surface area (Å²) in [5, 5.41) is 0. The van der Waals surface area contributed by atoms with Crippen molar-refractivity contribution in [2.45, 2.75) is 39.5 Å². The van der Waals surface area contributed by atoms with E-state index in [0.29, 0.717) is 0 Å². The van der Waals surface area contributed by atoms with Crippen LogP contribution in [0.1, 0.15) is 37.3 Å². The lowest BCUT2D eigenvalue weighted by molar-refractivity contribution is 0.936. The normalized spacial score (nSPS) is 11.0. The van der Waals surface area contributed by atoms with E-state index < -0.39 is 0 Å². The monoisotopic (exact) mass is 188 g/mol. The van der Waals surface area contributed by atoms with E-state index in [4.69, 9.17) is 0 Å². The van der Waals surface area contributed by atoms with Gasteiger partial charge in [-0.25, -0.2) is 0 Å². The molecule has 0 radical (unpaired) electrons. The van der Waals surface area contributed by atoms with Crippen LogP contribution in [0.15, 0.2) is 36.4 Å². The standard InChI is InChI=1S/C14H20/c1-3-4-5-6-7-8-14-11-9-13(2)10-12-14/h5-6,9-12H,3-4,7-8H2,1-2H3/b6-5-. The molecule has 14 heavy (non-hydrogen) atoms. The van der Waals surface area contributed by atoms with Gasteiger partial charge in [-0.2, -0.15) is 0 Å². The van der Waals surface area contributed by atoms with Gasteiger partial charge >= 0.3 is 0 Å². The fourth-order valence-corrected chi connectivity index (χ4v) is 1.41. The van der Waals surface area contributed by atoms with Crippen LogP contribution in [0.3, 0.4) is 0 Å². The smallest absolute Gasteiger partial charge is 0.0244 e. The van der Waals surface area contributed by atoms with Crippen molar-refractivity contribution in [3.8, 4) is 0 Å². The predicted molar refractivity (Wildman–Crippen MR) is 63.5 cm³/mol. The van der Waals surface area contributed by atoms with Crippen LogP contribution < -0.4 is 0 Å². The lowest BCUT2D eigenvalue weighted by Gasteiger charge is -1.98. The Morgan fingerprint density at radius 1 is 1.00 bits per heavy atom. The molecule has 0 bridgehead atoms. The molecule has 1 aromatic carbocycles. The molecule has 0 fully saturated rings. The van der Waals surface area contributed by atoms with Crippen LogP contribution in [0.5, 0.6) is 0 Å². The molecule has 0 nitrogen and oxygen atoms in total. The summed E-state index contributed by atoms with van der Waals surface area (Å²) in [7, 11) is 0. The number of hydrogen-bond acceptors (Lipinski definition) is 0. The SMILES string of the molecule is CCC/C=C\CCc1ccc(C)cc1. The van der Waals surface area contributed by atoms with E-state index in [1.165, 1.54) is 36.8 Å². The molecule has 0 aliphatic carbocycles. The van der Waals surface area contributed by atoms with Gasteiger partial charge in [0.2, 0.25) is 0 Å². The van der Waals surface area contributed by atoms with Crippen LogP contribution in [-0.4, -0.2) is 0 Å². The summed E-state index contributed by atoms with van der Waals surface area (Å²) in [4.78, 5) is 0.